The highest BCUT2D eigenvalue weighted by Crippen LogP contribution is 2.21. The third kappa shape index (κ3) is 2.76. The van der Waals surface area contributed by atoms with Gasteiger partial charge in [-0.05, 0) is 31.4 Å². The molecule has 0 aliphatic heterocycles. The van der Waals surface area contributed by atoms with Crippen molar-refractivity contribution in [3.05, 3.63) is 42.2 Å². The maximum absolute atomic E-state index is 6.23. The maximum atomic E-state index is 6.23. The molecule has 0 fully saturated rings. The van der Waals surface area contributed by atoms with Crippen LogP contribution in [0.3, 0.4) is 0 Å². The first-order chi connectivity index (χ1) is 8.58. The number of hydrogen-bond donors (Lipinski definition) is 1. The van der Waals surface area contributed by atoms with Crippen LogP contribution in [0.4, 0.5) is 0 Å². The molecule has 0 bridgehead atoms. The van der Waals surface area contributed by atoms with Crippen LogP contribution in [0.25, 0.3) is 5.69 Å². The highest BCUT2D eigenvalue weighted by atomic mass is 15.1. The summed E-state index contributed by atoms with van der Waals surface area (Å²) < 4.78 is 2.01. The lowest BCUT2D eigenvalue weighted by Gasteiger charge is -2.16. The van der Waals surface area contributed by atoms with E-state index >= 15 is 0 Å². The average molecular weight is 244 g/mol. The van der Waals surface area contributed by atoms with Crippen LogP contribution in [0.5, 0.6) is 0 Å². The number of nitrogens with two attached hydrogens (primary N) is 1. The first-order valence-corrected chi connectivity index (χ1v) is 6.28. The molecular formula is C14H20N4. The smallest absolute Gasteiger partial charge is 0.0995 e. The molecule has 0 aromatic carbocycles. The molecule has 2 aromatic rings. The number of nitrogens with zero attached hydrogens (tertiary/aromatic N) is 3. The summed E-state index contributed by atoms with van der Waals surface area (Å²) in [7, 11) is 0. The Morgan fingerprint density at radius 1 is 1.28 bits per heavy atom. The van der Waals surface area contributed by atoms with Crippen molar-refractivity contribution in [1.82, 2.24) is 14.5 Å². The van der Waals surface area contributed by atoms with E-state index in [1.54, 1.807) is 6.33 Å². The van der Waals surface area contributed by atoms with Crippen molar-refractivity contribution in [3.63, 3.8) is 0 Å². The van der Waals surface area contributed by atoms with Crippen molar-refractivity contribution in [2.45, 2.75) is 33.2 Å². The zero-order valence-electron chi connectivity index (χ0n) is 11.2. The number of pyridine rings is 1. The molecule has 0 saturated heterocycles. The fourth-order valence-corrected chi connectivity index (χ4v) is 2.03. The molecule has 18 heavy (non-hydrogen) atoms. The van der Waals surface area contributed by atoms with E-state index in [2.05, 4.69) is 23.8 Å². The molecule has 4 heteroatoms. The Morgan fingerprint density at radius 3 is 2.67 bits per heavy atom. The van der Waals surface area contributed by atoms with Gasteiger partial charge < -0.3 is 10.3 Å². The summed E-state index contributed by atoms with van der Waals surface area (Å²) >= 11 is 0. The second-order valence-electron chi connectivity index (χ2n) is 5.08. The molecule has 2 rings (SSSR count). The number of imidazole rings is 1. The van der Waals surface area contributed by atoms with E-state index in [4.69, 9.17) is 5.73 Å². The summed E-state index contributed by atoms with van der Waals surface area (Å²) in [6.45, 7) is 6.32. The summed E-state index contributed by atoms with van der Waals surface area (Å²) in [4.78, 5) is 8.51. The molecule has 1 unspecified atom stereocenters. The highest BCUT2D eigenvalue weighted by Gasteiger charge is 2.14. The standard InChI is InChI=1S/C14H20N4/c1-10(2)6-13(15)14-8-16-9-18(14)12-5-4-11(3)17-7-12/h4-5,7-10,13H,6,15H2,1-3H3. The first kappa shape index (κ1) is 12.8. The van der Waals surface area contributed by atoms with Crippen LogP contribution in [0.1, 0.15) is 37.7 Å². The Bertz CT molecular complexity index is 499. The second kappa shape index (κ2) is 5.31. The number of rotatable bonds is 4. The molecule has 0 spiro atoms. The van der Waals surface area contributed by atoms with Gasteiger partial charge in [-0.15, -0.1) is 0 Å². The molecule has 0 aliphatic rings. The molecule has 0 radical (unpaired) electrons. The highest BCUT2D eigenvalue weighted by molar-refractivity contribution is 5.32. The summed E-state index contributed by atoms with van der Waals surface area (Å²) in [6, 6.07) is 4.04. The predicted molar refractivity (Wildman–Crippen MR) is 72.5 cm³/mol. The van der Waals surface area contributed by atoms with Crippen LogP contribution >= 0.6 is 0 Å². The van der Waals surface area contributed by atoms with Crippen LogP contribution in [-0.2, 0) is 0 Å². The second-order valence-corrected chi connectivity index (χ2v) is 5.08. The Kier molecular flexibility index (Phi) is 3.77. The van der Waals surface area contributed by atoms with Gasteiger partial charge in [0.25, 0.3) is 0 Å². The van der Waals surface area contributed by atoms with Gasteiger partial charge in [0.2, 0.25) is 0 Å². The predicted octanol–water partition coefficient (Wildman–Crippen LogP) is 2.62. The Labute approximate surface area is 108 Å². The zero-order valence-corrected chi connectivity index (χ0v) is 11.2. The molecule has 2 N–H and O–H groups in total. The van der Waals surface area contributed by atoms with Crippen molar-refractivity contribution >= 4 is 0 Å². The number of aromatic nitrogens is 3. The molecule has 96 valence electrons. The SMILES string of the molecule is Cc1ccc(-n2cncc2C(N)CC(C)C)cn1. The van der Waals surface area contributed by atoms with Gasteiger partial charge in [0.05, 0.1) is 30.1 Å². The molecule has 2 heterocycles. The lowest BCUT2D eigenvalue weighted by atomic mass is 10.0. The van der Waals surface area contributed by atoms with Gasteiger partial charge in [-0.3, -0.25) is 4.98 Å². The Morgan fingerprint density at radius 2 is 2.06 bits per heavy atom. The zero-order chi connectivity index (χ0) is 13.1. The fraction of sp³-hybridized carbons (Fsp3) is 0.429. The quantitative estimate of drug-likeness (QED) is 0.899. The summed E-state index contributed by atoms with van der Waals surface area (Å²) in [5.74, 6) is 0.569. The van der Waals surface area contributed by atoms with Gasteiger partial charge in [-0.1, -0.05) is 13.8 Å². The van der Waals surface area contributed by atoms with Gasteiger partial charge in [0, 0.05) is 11.7 Å². The van der Waals surface area contributed by atoms with Crippen molar-refractivity contribution in [3.8, 4) is 5.69 Å². The summed E-state index contributed by atoms with van der Waals surface area (Å²) in [5.41, 5.74) is 9.28. The summed E-state index contributed by atoms with van der Waals surface area (Å²) in [6.07, 6.45) is 6.43. The minimum atomic E-state index is 0.00815. The Hall–Kier alpha value is -1.68. The van der Waals surface area contributed by atoms with E-state index in [1.165, 1.54) is 0 Å². The van der Waals surface area contributed by atoms with E-state index in [0.29, 0.717) is 5.92 Å². The topological polar surface area (TPSA) is 56.7 Å². The van der Waals surface area contributed by atoms with Gasteiger partial charge in [0.1, 0.15) is 0 Å². The van der Waals surface area contributed by atoms with Crippen molar-refractivity contribution in [1.29, 1.82) is 0 Å². The number of aryl methyl sites for hydroxylation is 1. The first-order valence-electron chi connectivity index (χ1n) is 6.28. The minimum absolute atomic E-state index is 0.00815. The molecule has 4 nitrogen and oxygen atoms in total. The van der Waals surface area contributed by atoms with Gasteiger partial charge in [0.15, 0.2) is 0 Å². The van der Waals surface area contributed by atoms with E-state index in [1.807, 2.05) is 36.0 Å². The Balaban J connectivity index is 2.29. The van der Waals surface area contributed by atoms with Crippen LogP contribution < -0.4 is 5.73 Å². The number of hydrogen-bond acceptors (Lipinski definition) is 3. The summed E-state index contributed by atoms with van der Waals surface area (Å²) in [5, 5.41) is 0. The molecule has 0 saturated carbocycles. The van der Waals surface area contributed by atoms with Gasteiger partial charge >= 0.3 is 0 Å². The van der Waals surface area contributed by atoms with Crippen LogP contribution in [0, 0.1) is 12.8 Å². The third-order valence-electron chi connectivity index (χ3n) is 2.95. The largest absolute Gasteiger partial charge is 0.323 e. The van der Waals surface area contributed by atoms with Gasteiger partial charge in [-0.2, -0.15) is 0 Å². The molecular weight excluding hydrogens is 224 g/mol. The normalized spacial score (nSPS) is 12.9. The minimum Gasteiger partial charge on any atom is -0.323 e. The monoisotopic (exact) mass is 244 g/mol. The van der Waals surface area contributed by atoms with Crippen LogP contribution in [-0.4, -0.2) is 14.5 Å². The van der Waals surface area contributed by atoms with E-state index in [9.17, 15) is 0 Å². The molecule has 0 amide bonds. The van der Waals surface area contributed by atoms with Crippen LogP contribution in [0.2, 0.25) is 0 Å². The molecule has 1 atom stereocenters. The van der Waals surface area contributed by atoms with E-state index in [-0.39, 0.29) is 6.04 Å². The van der Waals surface area contributed by atoms with Crippen molar-refractivity contribution in [2.75, 3.05) is 0 Å². The van der Waals surface area contributed by atoms with Crippen molar-refractivity contribution in [2.24, 2.45) is 11.7 Å². The van der Waals surface area contributed by atoms with Crippen molar-refractivity contribution < 1.29 is 0 Å². The maximum Gasteiger partial charge on any atom is 0.0995 e. The molecule has 0 aliphatic carbocycles. The lowest BCUT2D eigenvalue weighted by Crippen LogP contribution is -2.16. The lowest BCUT2D eigenvalue weighted by molar-refractivity contribution is 0.498. The third-order valence-corrected chi connectivity index (χ3v) is 2.95. The average Bonchev–Trinajstić information content (AvgIpc) is 2.78. The van der Waals surface area contributed by atoms with E-state index < -0.39 is 0 Å². The fourth-order valence-electron chi connectivity index (χ4n) is 2.03. The molecule has 2 aromatic heterocycles. The van der Waals surface area contributed by atoms with Gasteiger partial charge in [-0.25, -0.2) is 4.98 Å². The van der Waals surface area contributed by atoms with E-state index in [0.717, 1.165) is 23.5 Å². The van der Waals surface area contributed by atoms with Crippen LogP contribution in [0.15, 0.2) is 30.9 Å².